The molecule has 1 nitrogen and oxygen atoms in total. The summed E-state index contributed by atoms with van der Waals surface area (Å²) >= 11 is 3.43. The molecule has 2 heteroatoms. The largest absolute Gasteiger partial charge is 0.494 e. The highest BCUT2D eigenvalue weighted by Gasteiger charge is 1.98. The van der Waals surface area contributed by atoms with Gasteiger partial charge in [0.1, 0.15) is 5.75 Å². The highest BCUT2D eigenvalue weighted by molar-refractivity contribution is 9.10. The van der Waals surface area contributed by atoms with Gasteiger partial charge in [-0.3, -0.25) is 0 Å². The first-order chi connectivity index (χ1) is 7.79. The van der Waals surface area contributed by atoms with Crippen molar-refractivity contribution in [1.82, 2.24) is 0 Å². The molecule has 0 atom stereocenters. The van der Waals surface area contributed by atoms with Gasteiger partial charge in [0, 0.05) is 4.47 Å². The van der Waals surface area contributed by atoms with Crippen molar-refractivity contribution in [2.75, 3.05) is 6.61 Å². The van der Waals surface area contributed by atoms with E-state index in [2.05, 4.69) is 40.2 Å². The summed E-state index contributed by atoms with van der Waals surface area (Å²) in [6.07, 6.45) is 0. The van der Waals surface area contributed by atoms with Gasteiger partial charge in [-0.25, -0.2) is 0 Å². The van der Waals surface area contributed by atoms with Crippen molar-refractivity contribution in [3.63, 3.8) is 0 Å². The van der Waals surface area contributed by atoms with Gasteiger partial charge in [-0.05, 0) is 42.3 Å². The number of rotatable bonds is 3. The van der Waals surface area contributed by atoms with Crippen LogP contribution in [0.1, 0.15) is 6.92 Å². The number of halogens is 1. The summed E-state index contributed by atoms with van der Waals surface area (Å²) in [4.78, 5) is 0. The van der Waals surface area contributed by atoms with E-state index in [1.54, 1.807) is 0 Å². The first kappa shape index (κ1) is 11.2. The molecule has 0 aliphatic rings. The third kappa shape index (κ3) is 2.64. The van der Waals surface area contributed by atoms with Crippen molar-refractivity contribution in [3.8, 4) is 16.9 Å². The van der Waals surface area contributed by atoms with E-state index in [9.17, 15) is 0 Å². The maximum absolute atomic E-state index is 5.41. The molecule has 0 saturated carbocycles. The molecule has 2 rings (SSSR count). The zero-order valence-corrected chi connectivity index (χ0v) is 10.7. The van der Waals surface area contributed by atoms with Crippen molar-refractivity contribution in [2.45, 2.75) is 6.92 Å². The van der Waals surface area contributed by atoms with Gasteiger partial charge in [0.15, 0.2) is 0 Å². The maximum Gasteiger partial charge on any atom is 0.119 e. The third-order valence-electron chi connectivity index (χ3n) is 2.34. The van der Waals surface area contributed by atoms with E-state index >= 15 is 0 Å². The minimum atomic E-state index is 0.706. The molecule has 0 saturated heterocycles. The van der Waals surface area contributed by atoms with Crippen molar-refractivity contribution >= 4 is 15.9 Å². The van der Waals surface area contributed by atoms with Crippen LogP contribution in [0, 0.1) is 0 Å². The lowest BCUT2D eigenvalue weighted by Crippen LogP contribution is -1.90. The molecule has 0 unspecified atom stereocenters. The first-order valence-electron chi connectivity index (χ1n) is 5.28. The van der Waals surface area contributed by atoms with Crippen LogP contribution in [0.15, 0.2) is 53.0 Å². The summed E-state index contributed by atoms with van der Waals surface area (Å²) in [7, 11) is 0. The van der Waals surface area contributed by atoms with E-state index in [1.807, 2.05) is 31.2 Å². The molecule has 0 bridgehead atoms. The van der Waals surface area contributed by atoms with E-state index in [1.165, 1.54) is 11.1 Å². The molecule has 0 aliphatic carbocycles. The highest BCUT2D eigenvalue weighted by Crippen LogP contribution is 2.23. The highest BCUT2D eigenvalue weighted by atomic mass is 79.9. The topological polar surface area (TPSA) is 9.23 Å². The first-order valence-corrected chi connectivity index (χ1v) is 6.07. The predicted octanol–water partition coefficient (Wildman–Crippen LogP) is 4.51. The maximum atomic E-state index is 5.41. The molecule has 0 heterocycles. The molecule has 0 aromatic heterocycles. The zero-order valence-electron chi connectivity index (χ0n) is 9.11. The minimum Gasteiger partial charge on any atom is -0.494 e. The molecular formula is C14H13BrO. The van der Waals surface area contributed by atoms with Crippen LogP contribution in [-0.2, 0) is 0 Å². The molecule has 16 heavy (non-hydrogen) atoms. The van der Waals surface area contributed by atoms with Crippen LogP contribution in [0.5, 0.6) is 5.75 Å². The van der Waals surface area contributed by atoms with Gasteiger partial charge in [-0.15, -0.1) is 0 Å². The summed E-state index contributed by atoms with van der Waals surface area (Å²) < 4.78 is 6.51. The molecule has 2 aromatic carbocycles. The summed E-state index contributed by atoms with van der Waals surface area (Å²) in [5.74, 6) is 0.920. The Hall–Kier alpha value is -1.28. The summed E-state index contributed by atoms with van der Waals surface area (Å²) in [5.41, 5.74) is 2.42. The third-order valence-corrected chi connectivity index (χ3v) is 2.87. The monoisotopic (exact) mass is 276 g/mol. The molecule has 0 aliphatic heterocycles. The molecule has 82 valence electrons. The number of ether oxygens (including phenoxy) is 1. The van der Waals surface area contributed by atoms with E-state index in [-0.39, 0.29) is 0 Å². The Labute approximate surface area is 104 Å². The molecule has 0 amide bonds. The van der Waals surface area contributed by atoms with Gasteiger partial charge in [0.05, 0.1) is 6.61 Å². The summed E-state index contributed by atoms with van der Waals surface area (Å²) in [6, 6.07) is 16.4. The van der Waals surface area contributed by atoms with E-state index in [0.29, 0.717) is 6.61 Å². The second kappa shape index (κ2) is 5.17. The van der Waals surface area contributed by atoms with Crippen LogP contribution in [0.3, 0.4) is 0 Å². The number of hydrogen-bond acceptors (Lipinski definition) is 1. The average Bonchev–Trinajstić information content (AvgIpc) is 2.32. The van der Waals surface area contributed by atoms with Crippen molar-refractivity contribution < 1.29 is 4.74 Å². The Morgan fingerprint density at radius 1 is 0.875 bits per heavy atom. The standard InChI is InChI=1S/C14H13BrO/c1-2-16-14-9-5-12(6-10-14)11-3-7-13(15)8-4-11/h3-10H,2H2,1H3. The van der Waals surface area contributed by atoms with Gasteiger partial charge in [-0.1, -0.05) is 40.2 Å². The Morgan fingerprint density at radius 2 is 1.38 bits per heavy atom. The van der Waals surface area contributed by atoms with Crippen molar-refractivity contribution in [3.05, 3.63) is 53.0 Å². The SMILES string of the molecule is CCOc1ccc(-c2ccc(Br)cc2)cc1. The molecule has 0 N–H and O–H groups in total. The lowest BCUT2D eigenvalue weighted by Gasteiger charge is -2.05. The van der Waals surface area contributed by atoms with Crippen LogP contribution in [-0.4, -0.2) is 6.61 Å². The van der Waals surface area contributed by atoms with Gasteiger partial charge in [0.25, 0.3) is 0 Å². The summed E-state index contributed by atoms with van der Waals surface area (Å²) in [5, 5.41) is 0. The second-order valence-corrected chi connectivity index (χ2v) is 4.38. The normalized spacial score (nSPS) is 10.1. The Bertz CT molecular complexity index is 445. The van der Waals surface area contributed by atoms with Crippen LogP contribution in [0.2, 0.25) is 0 Å². The minimum absolute atomic E-state index is 0.706. The molecule has 0 radical (unpaired) electrons. The van der Waals surface area contributed by atoms with E-state index in [4.69, 9.17) is 4.74 Å². The van der Waals surface area contributed by atoms with Gasteiger partial charge in [0.2, 0.25) is 0 Å². The average molecular weight is 277 g/mol. The van der Waals surface area contributed by atoms with Gasteiger partial charge in [-0.2, -0.15) is 0 Å². The predicted molar refractivity (Wildman–Crippen MR) is 70.7 cm³/mol. The van der Waals surface area contributed by atoms with Crippen molar-refractivity contribution in [1.29, 1.82) is 0 Å². The quantitative estimate of drug-likeness (QED) is 0.801. The molecular weight excluding hydrogens is 264 g/mol. The van der Waals surface area contributed by atoms with Gasteiger partial charge >= 0.3 is 0 Å². The van der Waals surface area contributed by atoms with E-state index in [0.717, 1.165) is 10.2 Å². The smallest absolute Gasteiger partial charge is 0.119 e. The lowest BCUT2D eigenvalue weighted by atomic mass is 10.1. The fourth-order valence-electron chi connectivity index (χ4n) is 1.55. The second-order valence-electron chi connectivity index (χ2n) is 3.46. The molecule has 0 fully saturated rings. The van der Waals surface area contributed by atoms with Crippen LogP contribution < -0.4 is 4.74 Å². The van der Waals surface area contributed by atoms with E-state index < -0.39 is 0 Å². The van der Waals surface area contributed by atoms with Gasteiger partial charge < -0.3 is 4.74 Å². The lowest BCUT2D eigenvalue weighted by molar-refractivity contribution is 0.340. The van der Waals surface area contributed by atoms with Crippen LogP contribution >= 0.6 is 15.9 Å². The molecule has 0 spiro atoms. The Morgan fingerprint density at radius 3 is 1.88 bits per heavy atom. The summed E-state index contributed by atoms with van der Waals surface area (Å²) in [6.45, 7) is 2.69. The van der Waals surface area contributed by atoms with Crippen LogP contribution in [0.4, 0.5) is 0 Å². The number of benzene rings is 2. The number of hydrogen-bond donors (Lipinski definition) is 0. The fourth-order valence-corrected chi connectivity index (χ4v) is 1.82. The molecule has 2 aromatic rings. The van der Waals surface area contributed by atoms with Crippen LogP contribution in [0.25, 0.3) is 11.1 Å². The Kier molecular flexibility index (Phi) is 3.62. The zero-order chi connectivity index (χ0) is 11.4. The Balaban J connectivity index is 2.24. The fraction of sp³-hybridized carbons (Fsp3) is 0.143. The van der Waals surface area contributed by atoms with Crippen molar-refractivity contribution in [2.24, 2.45) is 0 Å².